The van der Waals surface area contributed by atoms with Crippen molar-refractivity contribution in [3.05, 3.63) is 103 Å². The number of anilines is 2. The number of aliphatic hydroxyl groups is 2. The predicted molar refractivity (Wildman–Crippen MR) is 169 cm³/mol. The Morgan fingerprint density at radius 3 is 2.31 bits per heavy atom. The zero-order valence-corrected chi connectivity index (χ0v) is 24.6. The fourth-order valence-corrected chi connectivity index (χ4v) is 5.10. The molecule has 3 aromatic rings. The first kappa shape index (κ1) is 32.4. The molecule has 0 amide bonds. The van der Waals surface area contributed by atoms with E-state index in [-0.39, 0.29) is 24.6 Å². The Morgan fingerprint density at radius 1 is 1.02 bits per heavy atom. The third-order valence-corrected chi connectivity index (χ3v) is 6.96. The molecule has 0 bridgehead atoms. The van der Waals surface area contributed by atoms with E-state index in [1.165, 1.54) is 12.1 Å². The molecule has 2 atom stereocenters. The van der Waals surface area contributed by atoms with Crippen molar-refractivity contribution in [1.82, 2.24) is 4.57 Å². The Kier molecular flexibility index (Phi) is 12.1. The molecule has 0 spiro atoms. The lowest BCUT2D eigenvalue weighted by Crippen LogP contribution is -2.22. The molecule has 0 radical (unpaired) electrons. The number of aliphatic carboxylic acids is 1. The third-order valence-electron chi connectivity index (χ3n) is 6.96. The third kappa shape index (κ3) is 8.68. The Balaban J connectivity index is 2.22. The van der Waals surface area contributed by atoms with Crippen molar-refractivity contribution in [2.75, 3.05) is 10.9 Å². The molecule has 42 heavy (non-hydrogen) atoms. The van der Waals surface area contributed by atoms with Gasteiger partial charge in [-0.05, 0) is 72.7 Å². The lowest BCUT2D eigenvalue weighted by atomic mass is 9.96. The number of para-hydroxylation sites is 1. The van der Waals surface area contributed by atoms with Gasteiger partial charge in [-0.25, -0.2) is 4.39 Å². The van der Waals surface area contributed by atoms with Crippen molar-refractivity contribution in [3.63, 3.8) is 0 Å². The molecule has 224 valence electrons. The zero-order valence-electron chi connectivity index (χ0n) is 24.6. The van der Waals surface area contributed by atoms with Gasteiger partial charge in [-0.3, -0.25) is 10.2 Å². The molecule has 8 heteroatoms. The second kappa shape index (κ2) is 15.7. The number of hydrogen-bond donors (Lipinski definition) is 5. The van der Waals surface area contributed by atoms with E-state index in [0.717, 1.165) is 39.5 Å². The highest BCUT2D eigenvalue weighted by atomic mass is 19.1. The minimum absolute atomic E-state index is 0.0452. The molecule has 7 nitrogen and oxygen atoms in total. The molecule has 1 heterocycles. The Hall–Kier alpha value is -4.14. The van der Waals surface area contributed by atoms with Gasteiger partial charge in [0.1, 0.15) is 5.82 Å². The summed E-state index contributed by atoms with van der Waals surface area (Å²) < 4.78 is 16.2. The van der Waals surface area contributed by atoms with E-state index >= 15 is 0 Å². The summed E-state index contributed by atoms with van der Waals surface area (Å²) in [6.07, 6.45) is 6.03. The number of allylic oxidation sites excluding steroid dienone is 5. The number of rotatable bonds is 16. The molecule has 1 aromatic heterocycles. The monoisotopic (exact) mass is 575 g/mol. The Labute approximate surface area is 247 Å². The topological polar surface area (TPSA) is 107 Å². The summed E-state index contributed by atoms with van der Waals surface area (Å²) in [6, 6.07) is 16.1. The van der Waals surface area contributed by atoms with Crippen molar-refractivity contribution in [2.24, 2.45) is 0 Å². The molecule has 0 saturated heterocycles. The van der Waals surface area contributed by atoms with E-state index in [2.05, 4.69) is 42.8 Å². The lowest BCUT2D eigenvalue weighted by molar-refractivity contribution is -0.139. The average molecular weight is 576 g/mol. The quantitative estimate of drug-likeness (QED) is 0.0902. The van der Waals surface area contributed by atoms with Crippen LogP contribution in [-0.4, -0.2) is 38.1 Å². The SMILES string of the molecule is C=C/C=C\C=C(/CC)c1c(NNc2ccccc2)c(C(C)C)n(CCC(O)CC(O)CC(=O)O)c1-c1ccc(F)cc1. The van der Waals surface area contributed by atoms with E-state index in [9.17, 15) is 19.4 Å². The fourth-order valence-electron chi connectivity index (χ4n) is 5.10. The molecule has 0 saturated carbocycles. The van der Waals surface area contributed by atoms with Crippen LogP contribution in [0.15, 0.2) is 85.5 Å². The maximum absolute atomic E-state index is 14.1. The zero-order chi connectivity index (χ0) is 30.6. The van der Waals surface area contributed by atoms with E-state index in [0.29, 0.717) is 13.0 Å². The second-order valence-electron chi connectivity index (χ2n) is 10.5. The van der Waals surface area contributed by atoms with Crippen LogP contribution in [0.3, 0.4) is 0 Å². The molecule has 0 fully saturated rings. The van der Waals surface area contributed by atoms with Crippen LogP contribution in [0.25, 0.3) is 16.8 Å². The van der Waals surface area contributed by atoms with Crippen molar-refractivity contribution >= 4 is 22.9 Å². The van der Waals surface area contributed by atoms with Gasteiger partial charge in [0.25, 0.3) is 0 Å². The van der Waals surface area contributed by atoms with E-state index in [1.54, 1.807) is 18.2 Å². The number of aromatic nitrogens is 1. The largest absolute Gasteiger partial charge is 0.481 e. The number of aliphatic hydroxyl groups excluding tert-OH is 2. The van der Waals surface area contributed by atoms with E-state index in [1.807, 2.05) is 48.6 Å². The standard InChI is InChI=1S/C34H42FN3O4/c1-5-7-9-12-24(6-2)31-32(37-36-27-13-10-8-11-14-27)33(23(3)4)38(34(31)25-15-17-26(35)18-16-25)20-19-28(39)21-29(40)22-30(41)42/h5,7-18,23,28-29,36-37,39-40H,1,6,19-22H2,2-4H3,(H,41,42)/b9-7-,24-12+. The molecule has 3 rings (SSSR count). The van der Waals surface area contributed by atoms with Crippen LogP contribution in [0.5, 0.6) is 0 Å². The van der Waals surface area contributed by atoms with Gasteiger partial charge >= 0.3 is 5.97 Å². The fraction of sp³-hybridized carbons (Fsp3) is 0.324. The van der Waals surface area contributed by atoms with E-state index < -0.39 is 24.6 Å². The Morgan fingerprint density at radius 2 is 1.71 bits per heavy atom. The van der Waals surface area contributed by atoms with Gasteiger partial charge in [0.05, 0.1) is 35.7 Å². The van der Waals surface area contributed by atoms with E-state index in [4.69, 9.17) is 5.11 Å². The highest BCUT2D eigenvalue weighted by Crippen LogP contribution is 2.44. The second-order valence-corrected chi connectivity index (χ2v) is 10.5. The summed E-state index contributed by atoms with van der Waals surface area (Å²) in [5, 5.41) is 29.9. The molecule has 0 aliphatic carbocycles. The number of benzene rings is 2. The first-order chi connectivity index (χ1) is 20.2. The van der Waals surface area contributed by atoms with Gasteiger partial charge < -0.3 is 25.3 Å². The van der Waals surface area contributed by atoms with Crippen LogP contribution in [0.1, 0.15) is 63.6 Å². The normalized spacial score (nSPS) is 13.4. The minimum Gasteiger partial charge on any atom is -0.481 e. The first-order valence-corrected chi connectivity index (χ1v) is 14.3. The number of hydrazine groups is 1. The van der Waals surface area contributed by atoms with Gasteiger partial charge in [0.15, 0.2) is 0 Å². The molecule has 5 N–H and O–H groups in total. The van der Waals surface area contributed by atoms with Crippen LogP contribution in [0.4, 0.5) is 15.8 Å². The highest BCUT2D eigenvalue weighted by molar-refractivity contribution is 5.91. The number of carboxylic acid groups (broad SMARTS) is 1. The number of halogens is 1. The smallest absolute Gasteiger partial charge is 0.305 e. The maximum Gasteiger partial charge on any atom is 0.305 e. The summed E-state index contributed by atoms with van der Waals surface area (Å²) in [7, 11) is 0. The van der Waals surface area contributed by atoms with Crippen LogP contribution >= 0.6 is 0 Å². The number of carbonyl (C=O) groups is 1. The average Bonchev–Trinajstić information content (AvgIpc) is 3.27. The maximum atomic E-state index is 14.1. The van der Waals surface area contributed by atoms with Gasteiger partial charge in [0, 0.05) is 17.8 Å². The Bertz CT molecular complexity index is 1380. The molecule has 2 aromatic carbocycles. The van der Waals surface area contributed by atoms with Gasteiger partial charge in [-0.1, -0.05) is 69.9 Å². The number of carboxylic acids is 1. The number of hydrogen-bond acceptors (Lipinski definition) is 5. The first-order valence-electron chi connectivity index (χ1n) is 14.3. The number of nitrogens with one attached hydrogen (secondary N) is 2. The molecular weight excluding hydrogens is 533 g/mol. The minimum atomic E-state index is -1.14. The summed E-state index contributed by atoms with van der Waals surface area (Å²) in [4.78, 5) is 11.0. The summed E-state index contributed by atoms with van der Waals surface area (Å²) >= 11 is 0. The summed E-state index contributed by atoms with van der Waals surface area (Å²) in [5.41, 5.74) is 13.2. The number of nitrogens with zero attached hydrogens (tertiary/aromatic N) is 1. The van der Waals surface area contributed by atoms with Crippen molar-refractivity contribution in [2.45, 2.75) is 71.1 Å². The predicted octanol–water partition coefficient (Wildman–Crippen LogP) is 7.37. The van der Waals surface area contributed by atoms with Gasteiger partial charge in [-0.2, -0.15) is 0 Å². The molecule has 2 unspecified atom stereocenters. The van der Waals surface area contributed by atoms with Crippen molar-refractivity contribution in [1.29, 1.82) is 0 Å². The van der Waals surface area contributed by atoms with Crippen molar-refractivity contribution < 1.29 is 24.5 Å². The van der Waals surface area contributed by atoms with Crippen molar-refractivity contribution in [3.8, 4) is 11.3 Å². The van der Waals surface area contributed by atoms with Crippen LogP contribution < -0.4 is 10.9 Å². The highest BCUT2D eigenvalue weighted by Gasteiger charge is 2.28. The summed E-state index contributed by atoms with van der Waals surface area (Å²) in [6.45, 7) is 10.4. The van der Waals surface area contributed by atoms with Crippen LogP contribution in [-0.2, 0) is 11.3 Å². The van der Waals surface area contributed by atoms with Crippen LogP contribution in [0, 0.1) is 5.82 Å². The van der Waals surface area contributed by atoms with Crippen LogP contribution in [0.2, 0.25) is 0 Å². The summed E-state index contributed by atoms with van der Waals surface area (Å²) in [5.74, 6) is -1.40. The molecular formula is C34H42FN3O4. The molecule has 0 aliphatic rings. The van der Waals surface area contributed by atoms with Gasteiger partial charge in [0.2, 0.25) is 0 Å². The lowest BCUT2D eigenvalue weighted by Gasteiger charge is -2.20. The molecule has 0 aliphatic heterocycles. The van der Waals surface area contributed by atoms with Gasteiger partial charge in [-0.15, -0.1) is 0 Å².